The molecule has 3 aliphatic rings. The number of H-pyrrole nitrogens is 1. The van der Waals surface area contributed by atoms with Gasteiger partial charge in [-0.2, -0.15) is 5.10 Å². The Kier molecular flexibility index (Phi) is 7.41. The molecule has 6 nitrogen and oxygen atoms in total. The van der Waals surface area contributed by atoms with Gasteiger partial charge in [0.2, 0.25) is 0 Å². The fourth-order valence-corrected chi connectivity index (χ4v) is 7.86. The van der Waals surface area contributed by atoms with Crippen LogP contribution in [0.5, 0.6) is 0 Å². The third-order valence-electron chi connectivity index (χ3n) is 11.1. The zero-order valence-electron chi connectivity index (χ0n) is 26.2. The quantitative estimate of drug-likeness (QED) is 0.135. The zero-order chi connectivity index (χ0) is 31.1. The van der Waals surface area contributed by atoms with Gasteiger partial charge in [0.25, 0.3) is 5.91 Å². The van der Waals surface area contributed by atoms with Crippen molar-refractivity contribution in [3.8, 4) is 11.3 Å². The first-order chi connectivity index (χ1) is 22.5. The predicted octanol–water partition coefficient (Wildman–Crippen LogP) is 8.52. The number of rotatable bonds is 9. The maximum atomic E-state index is 13.5. The molecule has 5 aromatic rings. The number of hydrogen-bond acceptors (Lipinski definition) is 4. The molecule has 3 saturated carbocycles. The summed E-state index contributed by atoms with van der Waals surface area (Å²) in [5.41, 5.74) is 6.10. The van der Waals surface area contributed by atoms with E-state index in [2.05, 4.69) is 87.6 Å². The highest BCUT2D eigenvalue weighted by Crippen LogP contribution is 2.50. The van der Waals surface area contributed by atoms with Gasteiger partial charge < -0.3 is 15.7 Å². The molecule has 3 fully saturated rings. The van der Waals surface area contributed by atoms with E-state index in [1.54, 1.807) is 0 Å². The molecule has 4 aromatic carbocycles. The summed E-state index contributed by atoms with van der Waals surface area (Å²) in [7, 11) is 0. The highest BCUT2D eigenvalue weighted by molar-refractivity contribution is 6.01. The molecule has 8 rings (SSSR count). The van der Waals surface area contributed by atoms with Crippen molar-refractivity contribution in [2.75, 3.05) is 5.32 Å². The molecule has 0 spiro atoms. The van der Waals surface area contributed by atoms with Gasteiger partial charge in [0.15, 0.2) is 0 Å². The minimum Gasteiger partial charge on any atom is -0.390 e. The Morgan fingerprint density at radius 1 is 0.826 bits per heavy atom. The molecule has 0 radical (unpaired) electrons. The van der Waals surface area contributed by atoms with Crippen LogP contribution in [-0.2, 0) is 5.54 Å². The number of hydrogen-bond donors (Lipinski definition) is 4. The fraction of sp³-hybridized carbons (Fsp3) is 0.350. The van der Waals surface area contributed by atoms with Crippen molar-refractivity contribution in [3.63, 3.8) is 0 Å². The predicted molar refractivity (Wildman–Crippen MR) is 183 cm³/mol. The van der Waals surface area contributed by atoms with Gasteiger partial charge in [0.1, 0.15) is 0 Å². The van der Waals surface area contributed by atoms with Crippen molar-refractivity contribution in [1.82, 2.24) is 15.5 Å². The number of amides is 1. The molecule has 234 valence electrons. The number of anilines is 1. The Labute approximate surface area is 270 Å². The maximum absolute atomic E-state index is 13.5. The van der Waals surface area contributed by atoms with Crippen LogP contribution in [-0.4, -0.2) is 26.8 Å². The third-order valence-corrected chi connectivity index (χ3v) is 11.1. The van der Waals surface area contributed by atoms with Gasteiger partial charge >= 0.3 is 0 Å². The summed E-state index contributed by atoms with van der Waals surface area (Å²) in [6, 6.07) is 35.3. The number of aromatic amines is 1. The number of benzene rings is 4. The van der Waals surface area contributed by atoms with Crippen molar-refractivity contribution in [3.05, 3.63) is 120 Å². The highest BCUT2D eigenvalue weighted by Gasteiger charge is 2.48. The number of aliphatic hydroxyl groups is 1. The molecule has 3 aliphatic carbocycles. The largest absolute Gasteiger partial charge is 0.390 e. The van der Waals surface area contributed by atoms with E-state index in [-0.39, 0.29) is 17.5 Å². The number of carbonyl (C=O) groups excluding carboxylic acids is 1. The van der Waals surface area contributed by atoms with E-state index in [1.165, 1.54) is 12.0 Å². The summed E-state index contributed by atoms with van der Waals surface area (Å²) in [4.78, 5) is 13.5. The summed E-state index contributed by atoms with van der Waals surface area (Å²) in [6.07, 6.45) is 9.28. The Morgan fingerprint density at radius 3 is 2.17 bits per heavy atom. The van der Waals surface area contributed by atoms with Crippen LogP contribution in [0.2, 0.25) is 0 Å². The van der Waals surface area contributed by atoms with Gasteiger partial charge in [-0.05, 0) is 105 Å². The molecular weight excluding hydrogens is 568 g/mol. The SMILES string of the molecule is O=C(NC(c1ccccc1)C1CC1)c1ccc2[nH]nc(-c3ccc(N[C@]4(c5ccccc5)CC[C@](O)(C5CCC5)CC4)cc3)c2c1. The van der Waals surface area contributed by atoms with Crippen molar-refractivity contribution in [2.24, 2.45) is 11.8 Å². The summed E-state index contributed by atoms with van der Waals surface area (Å²) < 4.78 is 0. The van der Waals surface area contributed by atoms with Crippen LogP contribution >= 0.6 is 0 Å². The first-order valence-electron chi connectivity index (χ1n) is 17.0. The average molecular weight is 611 g/mol. The lowest BCUT2D eigenvalue weighted by Crippen LogP contribution is -2.50. The van der Waals surface area contributed by atoms with Crippen molar-refractivity contribution < 1.29 is 9.90 Å². The van der Waals surface area contributed by atoms with Crippen LogP contribution in [0.25, 0.3) is 22.2 Å². The average Bonchev–Trinajstić information content (AvgIpc) is 3.83. The second-order valence-electron chi connectivity index (χ2n) is 13.9. The van der Waals surface area contributed by atoms with Crippen LogP contribution in [0, 0.1) is 11.8 Å². The molecule has 0 bridgehead atoms. The van der Waals surface area contributed by atoms with E-state index in [1.807, 2.05) is 36.4 Å². The number of aromatic nitrogens is 2. The number of carbonyl (C=O) groups is 1. The molecule has 1 amide bonds. The molecule has 1 unspecified atom stereocenters. The lowest BCUT2D eigenvalue weighted by molar-refractivity contribution is -0.0869. The first kappa shape index (κ1) is 29.0. The van der Waals surface area contributed by atoms with Gasteiger partial charge in [-0.3, -0.25) is 9.89 Å². The van der Waals surface area contributed by atoms with Gasteiger partial charge in [-0.25, -0.2) is 0 Å². The lowest BCUT2D eigenvalue weighted by Gasteiger charge is -2.50. The summed E-state index contributed by atoms with van der Waals surface area (Å²) in [5, 5.41) is 27.5. The number of nitrogens with one attached hydrogen (secondary N) is 3. The van der Waals surface area contributed by atoms with Crippen molar-refractivity contribution in [2.45, 2.75) is 75.0 Å². The molecule has 6 heteroatoms. The van der Waals surface area contributed by atoms with Gasteiger partial charge in [0.05, 0.1) is 28.4 Å². The van der Waals surface area contributed by atoms with Crippen LogP contribution in [0.15, 0.2) is 103 Å². The smallest absolute Gasteiger partial charge is 0.251 e. The monoisotopic (exact) mass is 610 g/mol. The summed E-state index contributed by atoms with van der Waals surface area (Å²) in [5.74, 6) is 0.895. The van der Waals surface area contributed by atoms with Gasteiger partial charge in [-0.1, -0.05) is 79.2 Å². The van der Waals surface area contributed by atoms with E-state index < -0.39 is 5.60 Å². The first-order valence-corrected chi connectivity index (χ1v) is 17.0. The van der Waals surface area contributed by atoms with Crippen LogP contribution in [0.1, 0.15) is 85.3 Å². The van der Waals surface area contributed by atoms with E-state index in [9.17, 15) is 9.90 Å². The summed E-state index contributed by atoms with van der Waals surface area (Å²) in [6.45, 7) is 0. The number of fused-ring (bicyclic) bond motifs is 1. The van der Waals surface area contributed by atoms with Crippen LogP contribution in [0.4, 0.5) is 5.69 Å². The maximum Gasteiger partial charge on any atom is 0.251 e. The van der Waals surface area contributed by atoms with E-state index >= 15 is 0 Å². The van der Waals surface area contributed by atoms with Crippen molar-refractivity contribution >= 4 is 22.5 Å². The van der Waals surface area contributed by atoms with Gasteiger partial charge in [0, 0.05) is 22.2 Å². The Balaban J connectivity index is 1.02. The lowest BCUT2D eigenvalue weighted by atomic mass is 9.62. The number of nitrogens with zero attached hydrogens (tertiary/aromatic N) is 1. The van der Waals surface area contributed by atoms with Gasteiger partial charge in [-0.15, -0.1) is 0 Å². The molecule has 0 saturated heterocycles. The fourth-order valence-electron chi connectivity index (χ4n) is 7.86. The summed E-state index contributed by atoms with van der Waals surface area (Å²) >= 11 is 0. The molecule has 4 N–H and O–H groups in total. The Morgan fingerprint density at radius 2 is 1.52 bits per heavy atom. The molecule has 46 heavy (non-hydrogen) atoms. The second kappa shape index (κ2) is 11.7. The minimum absolute atomic E-state index is 0.0311. The minimum atomic E-state index is -0.529. The molecule has 1 aromatic heterocycles. The topological polar surface area (TPSA) is 90.0 Å². The van der Waals surface area contributed by atoms with Crippen LogP contribution in [0.3, 0.4) is 0 Å². The normalized spacial score (nSPS) is 23.8. The molecule has 0 aliphatic heterocycles. The van der Waals surface area contributed by atoms with Crippen LogP contribution < -0.4 is 10.6 Å². The standard InChI is InChI=1S/C40H42N4O2/c45-38(41-36(28-14-15-28)27-8-3-1-4-9-27)30-18-21-35-34(26-30)37(44-43-35)29-16-19-33(20-17-29)42-39(31-10-5-2-6-11-31)22-24-40(46,25-23-39)32-12-7-13-32/h1-6,8-11,16-21,26,28,32,36,42,46H,7,12-15,22-25H2,(H,41,45)(H,43,44)/t36?,39-,40-. The second-order valence-corrected chi connectivity index (χ2v) is 13.9. The third kappa shape index (κ3) is 5.49. The molecular formula is C40H42N4O2. The van der Waals surface area contributed by atoms with E-state index in [0.29, 0.717) is 17.4 Å². The molecule has 1 atom stereocenters. The Hall–Kier alpha value is -4.42. The van der Waals surface area contributed by atoms with E-state index in [4.69, 9.17) is 0 Å². The van der Waals surface area contributed by atoms with E-state index in [0.717, 1.165) is 84.8 Å². The van der Waals surface area contributed by atoms with Crippen molar-refractivity contribution in [1.29, 1.82) is 0 Å². The highest BCUT2D eigenvalue weighted by atomic mass is 16.3. The molecule has 1 heterocycles. The Bertz CT molecular complexity index is 1820. The zero-order valence-corrected chi connectivity index (χ0v) is 26.2.